The molecule has 1 aliphatic heterocycles. The third-order valence-electron chi connectivity index (χ3n) is 5.38. The Kier molecular flexibility index (Phi) is 5.28. The van der Waals surface area contributed by atoms with E-state index < -0.39 is 0 Å². The van der Waals surface area contributed by atoms with Crippen LogP contribution in [0.5, 0.6) is 0 Å². The van der Waals surface area contributed by atoms with Gasteiger partial charge in [0, 0.05) is 36.3 Å². The number of carbonyl (C=O) groups excluding carboxylic acids is 2. The monoisotopic (exact) mass is 443 g/mol. The first kappa shape index (κ1) is 20.1. The highest BCUT2D eigenvalue weighted by Gasteiger charge is 2.30. The lowest BCUT2D eigenvalue weighted by molar-refractivity contribution is -0.119. The van der Waals surface area contributed by atoms with E-state index in [-0.39, 0.29) is 17.9 Å². The number of para-hydroxylation sites is 2. The van der Waals surface area contributed by atoms with Crippen LogP contribution >= 0.6 is 11.3 Å². The Hall–Kier alpha value is -3.78. The molecule has 1 N–H and O–H groups in total. The largest absolute Gasteiger partial charge is 0.351 e. The van der Waals surface area contributed by atoms with Gasteiger partial charge < -0.3 is 10.2 Å². The predicted molar refractivity (Wildman–Crippen MR) is 124 cm³/mol. The predicted octanol–water partition coefficient (Wildman–Crippen LogP) is 3.70. The number of benzene rings is 2. The second-order valence-corrected chi connectivity index (χ2v) is 8.55. The van der Waals surface area contributed by atoms with Crippen LogP contribution in [0.3, 0.4) is 0 Å². The van der Waals surface area contributed by atoms with Crippen LogP contribution in [0.15, 0.2) is 72.4 Å². The van der Waals surface area contributed by atoms with E-state index in [9.17, 15) is 9.59 Å². The number of hydrogen-bond donors (Lipinski definition) is 1. The SMILES string of the molecule is CC(=O)N[C@H]1Cc2ccccc2N(C(=O)c2csc(-c3cnn(-c4ccccc4)c3)n2)C1. The zero-order valence-electron chi connectivity index (χ0n) is 17.4. The summed E-state index contributed by atoms with van der Waals surface area (Å²) in [5.74, 6) is -0.279. The summed E-state index contributed by atoms with van der Waals surface area (Å²) in [5.41, 5.74) is 4.10. The molecule has 0 fully saturated rings. The van der Waals surface area contributed by atoms with Crippen LogP contribution in [-0.2, 0) is 11.2 Å². The molecule has 0 radical (unpaired) electrons. The lowest BCUT2D eigenvalue weighted by Gasteiger charge is -2.34. The summed E-state index contributed by atoms with van der Waals surface area (Å²) in [6.45, 7) is 1.91. The Labute approximate surface area is 189 Å². The smallest absolute Gasteiger partial charge is 0.277 e. The van der Waals surface area contributed by atoms with E-state index >= 15 is 0 Å². The molecule has 0 bridgehead atoms. The maximum atomic E-state index is 13.4. The van der Waals surface area contributed by atoms with Gasteiger partial charge in [-0.2, -0.15) is 5.10 Å². The number of amides is 2. The number of anilines is 1. The van der Waals surface area contributed by atoms with E-state index in [1.165, 1.54) is 18.3 Å². The molecule has 0 aliphatic carbocycles. The molecule has 2 aromatic carbocycles. The summed E-state index contributed by atoms with van der Waals surface area (Å²) in [7, 11) is 0. The molecule has 0 saturated heterocycles. The number of aromatic nitrogens is 3. The number of nitrogens with one attached hydrogen (secondary N) is 1. The molecule has 0 saturated carbocycles. The van der Waals surface area contributed by atoms with Crippen molar-refractivity contribution in [2.75, 3.05) is 11.4 Å². The Balaban J connectivity index is 1.41. The zero-order valence-corrected chi connectivity index (χ0v) is 18.2. The second-order valence-electron chi connectivity index (χ2n) is 7.69. The minimum atomic E-state index is -0.176. The van der Waals surface area contributed by atoms with E-state index in [0.717, 1.165) is 27.5 Å². The lowest BCUT2D eigenvalue weighted by atomic mass is 9.97. The van der Waals surface area contributed by atoms with Crippen LogP contribution < -0.4 is 10.2 Å². The fourth-order valence-electron chi connectivity index (χ4n) is 3.97. The Bertz CT molecular complexity index is 1280. The molecule has 8 heteroatoms. The number of fused-ring (bicyclic) bond motifs is 1. The van der Waals surface area contributed by atoms with Crippen molar-refractivity contribution >= 4 is 28.8 Å². The molecule has 160 valence electrons. The van der Waals surface area contributed by atoms with Gasteiger partial charge in [-0.1, -0.05) is 36.4 Å². The van der Waals surface area contributed by atoms with Gasteiger partial charge in [-0.15, -0.1) is 11.3 Å². The zero-order chi connectivity index (χ0) is 22.1. The highest BCUT2D eigenvalue weighted by atomic mass is 32.1. The Morgan fingerprint density at radius 3 is 2.69 bits per heavy atom. The molecule has 0 unspecified atom stereocenters. The minimum absolute atomic E-state index is 0.104. The maximum absolute atomic E-state index is 13.4. The van der Waals surface area contributed by atoms with Crippen LogP contribution in [0.2, 0.25) is 0 Å². The van der Waals surface area contributed by atoms with E-state index in [0.29, 0.717) is 18.7 Å². The summed E-state index contributed by atoms with van der Waals surface area (Å²) in [6.07, 6.45) is 4.36. The van der Waals surface area contributed by atoms with Crippen molar-refractivity contribution in [1.82, 2.24) is 20.1 Å². The summed E-state index contributed by atoms with van der Waals surface area (Å²) >= 11 is 1.41. The molecule has 5 rings (SSSR count). The number of hydrogen-bond acceptors (Lipinski definition) is 5. The Morgan fingerprint density at radius 1 is 1.09 bits per heavy atom. The first-order valence-electron chi connectivity index (χ1n) is 10.3. The number of carbonyl (C=O) groups is 2. The number of rotatable bonds is 4. The van der Waals surface area contributed by atoms with Gasteiger partial charge in [-0.05, 0) is 30.2 Å². The van der Waals surface area contributed by atoms with Gasteiger partial charge in [-0.25, -0.2) is 9.67 Å². The molecule has 1 atom stereocenters. The van der Waals surface area contributed by atoms with Crippen LogP contribution in [-0.4, -0.2) is 39.2 Å². The molecule has 3 heterocycles. The second kappa shape index (κ2) is 8.39. The molecule has 2 aromatic heterocycles. The average Bonchev–Trinajstić information content (AvgIpc) is 3.48. The van der Waals surface area contributed by atoms with Gasteiger partial charge in [-0.3, -0.25) is 9.59 Å². The van der Waals surface area contributed by atoms with Gasteiger partial charge in [0.1, 0.15) is 10.7 Å². The molecule has 32 heavy (non-hydrogen) atoms. The van der Waals surface area contributed by atoms with Gasteiger partial charge >= 0.3 is 0 Å². The van der Waals surface area contributed by atoms with Crippen LogP contribution in [0, 0.1) is 0 Å². The van der Waals surface area contributed by atoms with Gasteiger partial charge in [0.25, 0.3) is 5.91 Å². The van der Waals surface area contributed by atoms with Crippen molar-refractivity contribution in [2.24, 2.45) is 0 Å². The van der Waals surface area contributed by atoms with E-state index in [1.54, 1.807) is 21.2 Å². The summed E-state index contributed by atoms with van der Waals surface area (Å²) in [5, 5.41) is 9.88. The number of nitrogens with zero attached hydrogens (tertiary/aromatic N) is 4. The highest BCUT2D eigenvalue weighted by molar-refractivity contribution is 7.13. The standard InChI is InChI=1S/C24H21N5O2S/c1-16(30)26-19-11-17-7-5-6-10-22(17)28(14-19)24(31)21-15-32-23(27-21)18-12-25-29(13-18)20-8-3-2-4-9-20/h2-10,12-13,15,19H,11,14H2,1H3,(H,26,30)/t19-/m0/s1. The molecule has 1 aliphatic rings. The molecule has 0 spiro atoms. The summed E-state index contributed by atoms with van der Waals surface area (Å²) in [6, 6.07) is 17.5. The molecular formula is C24H21N5O2S. The average molecular weight is 444 g/mol. The third kappa shape index (κ3) is 3.92. The quantitative estimate of drug-likeness (QED) is 0.522. The van der Waals surface area contributed by atoms with Crippen LogP contribution in [0.1, 0.15) is 23.0 Å². The van der Waals surface area contributed by atoms with E-state index in [4.69, 9.17) is 0 Å². The van der Waals surface area contributed by atoms with Crippen LogP contribution in [0.4, 0.5) is 5.69 Å². The first-order chi connectivity index (χ1) is 15.6. The maximum Gasteiger partial charge on any atom is 0.277 e. The van der Waals surface area contributed by atoms with Crippen molar-refractivity contribution in [3.8, 4) is 16.3 Å². The fraction of sp³-hybridized carbons (Fsp3) is 0.167. The third-order valence-corrected chi connectivity index (χ3v) is 6.27. The molecule has 2 amide bonds. The summed E-state index contributed by atoms with van der Waals surface area (Å²) in [4.78, 5) is 31.3. The summed E-state index contributed by atoms with van der Waals surface area (Å²) < 4.78 is 1.79. The molecular weight excluding hydrogens is 422 g/mol. The van der Waals surface area contributed by atoms with Crippen LogP contribution in [0.25, 0.3) is 16.3 Å². The van der Waals surface area contributed by atoms with Crippen molar-refractivity contribution in [2.45, 2.75) is 19.4 Å². The van der Waals surface area contributed by atoms with Crippen molar-refractivity contribution < 1.29 is 9.59 Å². The van der Waals surface area contributed by atoms with Crippen molar-refractivity contribution in [3.63, 3.8) is 0 Å². The van der Waals surface area contributed by atoms with E-state index in [1.807, 2.05) is 60.8 Å². The van der Waals surface area contributed by atoms with Gasteiger partial charge in [0.2, 0.25) is 5.91 Å². The Morgan fingerprint density at radius 2 is 1.88 bits per heavy atom. The van der Waals surface area contributed by atoms with Crippen molar-refractivity contribution in [1.29, 1.82) is 0 Å². The topological polar surface area (TPSA) is 80.1 Å². The van der Waals surface area contributed by atoms with Crippen molar-refractivity contribution in [3.05, 3.63) is 83.6 Å². The lowest BCUT2D eigenvalue weighted by Crippen LogP contribution is -2.49. The van der Waals surface area contributed by atoms with E-state index in [2.05, 4.69) is 15.4 Å². The molecule has 4 aromatic rings. The van der Waals surface area contributed by atoms with Gasteiger partial charge in [0.15, 0.2) is 0 Å². The fourth-order valence-corrected chi connectivity index (χ4v) is 4.74. The highest BCUT2D eigenvalue weighted by Crippen LogP contribution is 2.30. The first-order valence-corrected chi connectivity index (χ1v) is 11.2. The normalized spacial score (nSPS) is 15.3. The minimum Gasteiger partial charge on any atom is -0.351 e. The number of thiazole rings is 1. The molecule has 7 nitrogen and oxygen atoms in total. The van der Waals surface area contributed by atoms with Gasteiger partial charge in [0.05, 0.1) is 17.9 Å².